The zero-order chi connectivity index (χ0) is 6.69. The summed E-state index contributed by atoms with van der Waals surface area (Å²) < 4.78 is 5.01. The molecule has 0 aliphatic carbocycles. The Morgan fingerprint density at radius 1 is 1.78 bits per heavy atom. The molecule has 0 aromatic rings. The maximum absolute atomic E-state index is 5.01. The van der Waals surface area contributed by atoms with Crippen LogP contribution in [0, 0.1) is 7.05 Å². The van der Waals surface area contributed by atoms with E-state index in [0.717, 1.165) is 13.2 Å². The van der Waals surface area contributed by atoms with Crippen LogP contribution in [-0.4, -0.2) is 31.2 Å². The van der Waals surface area contributed by atoms with Crippen LogP contribution in [0.4, 0.5) is 0 Å². The van der Waals surface area contributed by atoms with E-state index in [4.69, 9.17) is 4.74 Å². The summed E-state index contributed by atoms with van der Waals surface area (Å²) >= 11 is 0. The lowest BCUT2D eigenvalue weighted by Gasteiger charge is -2.25. The van der Waals surface area contributed by atoms with Crippen LogP contribution in [0.1, 0.15) is 12.8 Å². The monoisotopic (exact) mass is 128 g/mol. The lowest BCUT2D eigenvalue weighted by atomic mass is 10.2. The zero-order valence-electron chi connectivity index (χ0n) is 5.97. The summed E-state index contributed by atoms with van der Waals surface area (Å²) in [6.07, 6.45) is 2.52. The largest absolute Gasteiger partial charge is 0.455 e. The summed E-state index contributed by atoms with van der Waals surface area (Å²) in [5.41, 5.74) is 0. The molecule has 1 fully saturated rings. The lowest BCUT2D eigenvalue weighted by molar-refractivity contribution is 0.136. The molecule has 54 valence electrons. The van der Waals surface area contributed by atoms with E-state index in [0.29, 0.717) is 6.04 Å². The molecule has 0 aromatic heterocycles. The van der Waals surface area contributed by atoms with Gasteiger partial charge in [-0.15, -0.1) is 0 Å². The molecule has 1 unspecified atom stereocenters. The Hall–Kier alpha value is -0.0800. The van der Waals surface area contributed by atoms with E-state index in [1.165, 1.54) is 12.8 Å². The molecular weight excluding hydrogens is 114 g/mol. The van der Waals surface area contributed by atoms with Crippen molar-refractivity contribution in [2.24, 2.45) is 0 Å². The minimum Gasteiger partial charge on any atom is -0.455 e. The number of hydrogen-bond acceptors (Lipinski definition) is 2. The highest BCUT2D eigenvalue weighted by Gasteiger charge is 2.14. The van der Waals surface area contributed by atoms with Gasteiger partial charge in [0, 0.05) is 13.2 Å². The van der Waals surface area contributed by atoms with Gasteiger partial charge in [-0.25, -0.2) is 0 Å². The number of nitrogens with zero attached hydrogens (tertiary/aromatic N) is 1. The van der Waals surface area contributed by atoms with Crippen molar-refractivity contribution in [3.63, 3.8) is 0 Å². The summed E-state index contributed by atoms with van der Waals surface area (Å²) in [5, 5.41) is 0. The smallest absolute Gasteiger partial charge is 0.0594 e. The minimum absolute atomic E-state index is 0.579. The van der Waals surface area contributed by atoms with Gasteiger partial charge in [0.05, 0.1) is 6.61 Å². The summed E-state index contributed by atoms with van der Waals surface area (Å²) in [6, 6.07) is 0.579. The van der Waals surface area contributed by atoms with E-state index >= 15 is 0 Å². The Labute approximate surface area is 56.8 Å². The minimum atomic E-state index is 0.579. The predicted octanol–water partition coefficient (Wildman–Crippen LogP) is 0.889. The first-order valence-electron chi connectivity index (χ1n) is 3.40. The van der Waals surface area contributed by atoms with Crippen LogP contribution < -0.4 is 0 Å². The van der Waals surface area contributed by atoms with Crippen LogP contribution in [0.2, 0.25) is 0 Å². The molecule has 2 heteroatoms. The number of ether oxygens (including phenoxy) is 1. The molecule has 1 aliphatic rings. The summed E-state index contributed by atoms with van der Waals surface area (Å²) in [7, 11) is 5.63. The molecule has 0 spiro atoms. The van der Waals surface area contributed by atoms with Gasteiger partial charge < -0.3 is 9.64 Å². The average molecular weight is 128 g/mol. The van der Waals surface area contributed by atoms with Crippen LogP contribution in [-0.2, 0) is 4.74 Å². The highest BCUT2D eigenvalue weighted by molar-refractivity contribution is 4.77. The van der Waals surface area contributed by atoms with Crippen molar-refractivity contribution >= 4 is 0 Å². The summed E-state index contributed by atoms with van der Waals surface area (Å²) in [6.45, 7) is 1.97. The fraction of sp³-hybridized carbons (Fsp3) is 0.857. The van der Waals surface area contributed by atoms with Crippen LogP contribution in [0.25, 0.3) is 0 Å². The average Bonchev–Trinajstić information content (AvgIpc) is 2.18. The van der Waals surface area contributed by atoms with Gasteiger partial charge in [-0.2, -0.15) is 0 Å². The molecule has 1 atom stereocenters. The number of rotatable bonds is 2. The van der Waals surface area contributed by atoms with E-state index in [1.807, 2.05) is 0 Å². The molecule has 0 bridgehead atoms. The topological polar surface area (TPSA) is 12.5 Å². The van der Waals surface area contributed by atoms with E-state index in [1.54, 1.807) is 7.11 Å². The number of likely N-dealkylation sites (tertiary alicyclic amines) is 1. The second-order valence-electron chi connectivity index (χ2n) is 2.56. The molecule has 9 heavy (non-hydrogen) atoms. The maximum atomic E-state index is 5.01. The molecule has 0 radical (unpaired) electrons. The van der Waals surface area contributed by atoms with Crippen LogP contribution in [0.3, 0.4) is 0 Å². The Balaban J connectivity index is 2.22. The van der Waals surface area contributed by atoms with E-state index < -0.39 is 0 Å². The van der Waals surface area contributed by atoms with Gasteiger partial charge in [-0.3, -0.25) is 7.05 Å². The Kier molecular flexibility index (Phi) is 2.49. The van der Waals surface area contributed by atoms with Gasteiger partial charge in [0.25, 0.3) is 0 Å². The summed E-state index contributed by atoms with van der Waals surface area (Å²) in [4.78, 5) is 2.11. The SMILES string of the molecule is [CH2-]N1CCCC1COC. The van der Waals surface area contributed by atoms with Gasteiger partial charge >= 0.3 is 0 Å². The third-order valence-electron chi connectivity index (χ3n) is 1.86. The zero-order valence-corrected chi connectivity index (χ0v) is 5.97. The van der Waals surface area contributed by atoms with Crippen LogP contribution in [0.15, 0.2) is 0 Å². The second kappa shape index (κ2) is 3.18. The number of hydrogen-bond donors (Lipinski definition) is 0. The first-order chi connectivity index (χ1) is 4.34. The predicted molar refractivity (Wildman–Crippen MR) is 37.0 cm³/mol. The molecule has 0 saturated carbocycles. The summed E-state index contributed by atoms with van der Waals surface area (Å²) in [5.74, 6) is 0. The van der Waals surface area contributed by atoms with Gasteiger partial charge in [0.2, 0.25) is 0 Å². The molecule has 1 heterocycles. The van der Waals surface area contributed by atoms with Gasteiger partial charge in [0.1, 0.15) is 0 Å². The van der Waals surface area contributed by atoms with Crippen molar-refractivity contribution in [2.75, 3.05) is 20.3 Å². The van der Waals surface area contributed by atoms with E-state index in [9.17, 15) is 0 Å². The van der Waals surface area contributed by atoms with Crippen molar-refractivity contribution in [1.29, 1.82) is 0 Å². The highest BCUT2D eigenvalue weighted by Crippen LogP contribution is 2.14. The van der Waals surface area contributed by atoms with Crippen LogP contribution in [0.5, 0.6) is 0 Å². The first-order valence-corrected chi connectivity index (χ1v) is 3.40. The Morgan fingerprint density at radius 2 is 2.56 bits per heavy atom. The van der Waals surface area contributed by atoms with E-state index in [-0.39, 0.29) is 0 Å². The van der Waals surface area contributed by atoms with Crippen molar-refractivity contribution in [2.45, 2.75) is 18.9 Å². The van der Waals surface area contributed by atoms with Gasteiger partial charge in [-0.1, -0.05) is 0 Å². The third-order valence-corrected chi connectivity index (χ3v) is 1.86. The molecule has 1 saturated heterocycles. The van der Waals surface area contributed by atoms with Crippen LogP contribution >= 0.6 is 0 Å². The number of methoxy groups -OCH3 is 1. The molecule has 0 N–H and O–H groups in total. The highest BCUT2D eigenvalue weighted by atomic mass is 16.5. The second-order valence-corrected chi connectivity index (χ2v) is 2.56. The molecular formula is C7H14NO-. The molecule has 1 rings (SSSR count). The normalized spacial score (nSPS) is 29.3. The van der Waals surface area contributed by atoms with Gasteiger partial charge in [0.15, 0.2) is 0 Å². The standard InChI is InChI=1S/C7H14NO/c1-8-5-3-4-7(8)6-9-2/h7H,1,3-6H2,2H3/q-1. The first kappa shape index (κ1) is 7.03. The van der Waals surface area contributed by atoms with Crippen molar-refractivity contribution < 1.29 is 4.74 Å². The Morgan fingerprint density at radius 3 is 3.00 bits per heavy atom. The fourth-order valence-corrected chi connectivity index (χ4v) is 1.28. The van der Waals surface area contributed by atoms with Crippen molar-refractivity contribution in [3.8, 4) is 0 Å². The molecule has 0 aromatic carbocycles. The fourth-order valence-electron chi connectivity index (χ4n) is 1.28. The van der Waals surface area contributed by atoms with Crippen molar-refractivity contribution in [1.82, 2.24) is 4.90 Å². The van der Waals surface area contributed by atoms with Gasteiger partial charge in [-0.05, 0) is 19.4 Å². The lowest BCUT2D eigenvalue weighted by Crippen LogP contribution is -2.26. The van der Waals surface area contributed by atoms with E-state index in [2.05, 4.69) is 11.9 Å². The Bertz CT molecular complexity index is 85.0. The van der Waals surface area contributed by atoms with Crippen molar-refractivity contribution in [3.05, 3.63) is 7.05 Å². The molecule has 1 aliphatic heterocycles. The third kappa shape index (κ3) is 1.66. The quantitative estimate of drug-likeness (QED) is 0.512. The molecule has 2 nitrogen and oxygen atoms in total. The maximum Gasteiger partial charge on any atom is 0.0594 e. The molecule has 0 amide bonds.